The summed E-state index contributed by atoms with van der Waals surface area (Å²) in [6, 6.07) is 12.3. The zero-order valence-corrected chi connectivity index (χ0v) is 16.8. The lowest BCUT2D eigenvalue weighted by Crippen LogP contribution is -2.28. The Kier molecular flexibility index (Phi) is 6.37. The minimum Gasteiger partial charge on any atom is -0.337 e. The molecule has 0 heterocycles. The summed E-state index contributed by atoms with van der Waals surface area (Å²) in [5.41, 5.74) is 2.12. The molecule has 0 aliphatic rings. The van der Waals surface area contributed by atoms with E-state index in [-0.39, 0.29) is 10.8 Å². The van der Waals surface area contributed by atoms with E-state index < -0.39 is 10.0 Å². The molecule has 1 amide bonds. The Morgan fingerprint density at radius 3 is 2.40 bits per heavy atom. The minimum absolute atomic E-state index is 0.0975. The highest BCUT2D eigenvalue weighted by atomic mass is 79.9. The Morgan fingerprint density at radius 2 is 1.80 bits per heavy atom. The van der Waals surface area contributed by atoms with Crippen LogP contribution in [0.25, 0.3) is 0 Å². The molecular weight excluding hydrogens is 404 g/mol. The minimum atomic E-state index is -3.60. The van der Waals surface area contributed by atoms with Gasteiger partial charge in [-0.2, -0.15) is 0 Å². The summed E-state index contributed by atoms with van der Waals surface area (Å²) < 4.78 is 27.8. The molecule has 0 spiro atoms. The van der Waals surface area contributed by atoms with Gasteiger partial charge < -0.3 is 4.90 Å². The number of nitrogens with one attached hydrogen (secondary N) is 1. The Balaban J connectivity index is 2.27. The van der Waals surface area contributed by atoms with E-state index in [1.54, 1.807) is 31.9 Å². The predicted molar refractivity (Wildman–Crippen MR) is 102 cm³/mol. The van der Waals surface area contributed by atoms with Crippen molar-refractivity contribution >= 4 is 31.9 Å². The highest BCUT2D eigenvalue weighted by Gasteiger charge is 2.19. The highest BCUT2D eigenvalue weighted by Crippen LogP contribution is 2.18. The number of amides is 1. The molecule has 2 aromatic carbocycles. The SMILES string of the molecule is CCNS(=O)(=O)c1ccc(C)c(C(=O)N(C)Cc2ccc(Br)cc2)c1. The molecule has 0 saturated heterocycles. The van der Waals surface area contributed by atoms with E-state index in [1.165, 1.54) is 12.1 Å². The van der Waals surface area contributed by atoms with Crippen LogP contribution in [-0.4, -0.2) is 32.8 Å². The Bertz CT molecular complexity index is 864. The predicted octanol–water partition coefficient (Wildman–Crippen LogP) is 3.33. The molecule has 2 aromatic rings. The van der Waals surface area contributed by atoms with Crippen LogP contribution in [0.1, 0.15) is 28.4 Å². The topological polar surface area (TPSA) is 66.5 Å². The van der Waals surface area contributed by atoms with Gasteiger partial charge in [-0.25, -0.2) is 13.1 Å². The van der Waals surface area contributed by atoms with Crippen molar-refractivity contribution in [1.82, 2.24) is 9.62 Å². The van der Waals surface area contributed by atoms with E-state index in [4.69, 9.17) is 0 Å². The van der Waals surface area contributed by atoms with Gasteiger partial charge in [0.2, 0.25) is 10.0 Å². The molecule has 0 aliphatic heterocycles. The van der Waals surface area contributed by atoms with Crippen molar-refractivity contribution in [3.05, 3.63) is 63.6 Å². The number of carbonyl (C=O) groups excluding carboxylic acids is 1. The van der Waals surface area contributed by atoms with Gasteiger partial charge in [0.25, 0.3) is 5.91 Å². The van der Waals surface area contributed by atoms with Crippen molar-refractivity contribution in [1.29, 1.82) is 0 Å². The molecule has 0 aromatic heterocycles. The fraction of sp³-hybridized carbons (Fsp3) is 0.278. The maximum absolute atomic E-state index is 12.8. The summed E-state index contributed by atoms with van der Waals surface area (Å²) in [5, 5.41) is 0. The summed E-state index contributed by atoms with van der Waals surface area (Å²) in [7, 11) is -1.89. The quantitative estimate of drug-likeness (QED) is 0.772. The third-order valence-corrected chi connectivity index (χ3v) is 5.84. The van der Waals surface area contributed by atoms with E-state index in [2.05, 4.69) is 20.7 Å². The van der Waals surface area contributed by atoms with Gasteiger partial charge in [-0.1, -0.05) is 41.1 Å². The standard InChI is InChI=1S/C18H21BrN2O3S/c1-4-20-25(23,24)16-10-5-13(2)17(11-16)18(22)21(3)12-14-6-8-15(19)9-7-14/h5-11,20H,4,12H2,1-3H3. The van der Waals surface area contributed by atoms with Crippen molar-refractivity contribution in [3.8, 4) is 0 Å². The molecule has 0 unspecified atom stereocenters. The number of hydrogen-bond donors (Lipinski definition) is 1. The lowest BCUT2D eigenvalue weighted by atomic mass is 10.1. The third kappa shape index (κ3) is 4.90. The first-order valence-corrected chi connectivity index (χ1v) is 10.1. The molecule has 134 valence electrons. The van der Waals surface area contributed by atoms with Crippen LogP contribution in [0.15, 0.2) is 51.8 Å². The molecule has 0 radical (unpaired) electrons. The molecule has 0 saturated carbocycles. The maximum atomic E-state index is 12.8. The van der Waals surface area contributed by atoms with Gasteiger partial charge in [0.1, 0.15) is 0 Å². The number of rotatable bonds is 6. The largest absolute Gasteiger partial charge is 0.337 e. The summed E-state index contributed by atoms with van der Waals surface area (Å²) >= 11 is 3.38. The second-order valence-corrected chi connectivity index (χ2v) is 8.45. The van der Waals surface area contributed by atoms with E-state index in [9.17, 15) is 13.2 Å². The van der Waals surface area contributed by atoms with Gasteiger partial charge in [-0.15, -0.1) is 0 Å². The molecule has 0 atom stereocenters. The van der Waals surface area contributed by atoms with Crippen LogP contribution >= 0.6 is 15.9 Å². The molecule has 0 fully saturated rings. The van der Waals surface area contributed by atoms with Crippen LogP contribution in [0.3, 0.4) is 0 Å². The van der Waals surface area contributed by atoms with Gasteiger partial charge in [0.15, 0.2) is 0 Å². The highest BCUT2D eigenvalue weighted by molar-refractivity contribution is 9.10. The first kappa shape index (κ1) is 19.6. The van der Waals surface area contributed by atoms with Crippen LogP contribution in [0.5, 0.6) is 0 Å². The Labute approximate surface area is 157 Å². The first-order chi connectivity index (χ1) is 11.7. The molecular formula is C18H21BrN2O3S. The smallest absolute Gasteiger partial charge is 0.254 e. The second-order valence-electron chi connectivity index (χ2n) is 5.77. The van der Waals surface area contributed by atoms with Crippen molar-refractivity contribution in [3.63, 3.8) is 0 Å². The van der Waals surface area contributed by atoms with Crippen LogP contribution in [0.2, 0.25) is 0 Å². The zero-order valence-electron chi connectivity index (χ0n) is 14.4. The van der Waals surface area contributed by atoms with E-state index in [1.807, 2.05) is 24.3 Å². The number of halogens is 1. The average Bonchev–Trinajstić information content (AvgIpc) is 2.56. The van der Waals surface area contributed by atoms with Crippen molar-refractivity contribution < 1.29 is 13.2 Å². The van der Waals surface area contributed by atoms with Gasteiger partial charge in [0, 0.05) is 30.2 Å². The zero-order chi connectivity index (χ0) is 18.6. The average molecular weight is 425 g/mol. The van der Waals surface area contributed by atoms with Crippen molar-refractivity contribution in [2.45, 2.75) is 25.3 Å². The second kappa shape index (κ2) is 8.12. The molecule has 25 heavy (non-hydrogen) atoms. The molecule has 7 heteroatoms. The summed E-state index contributed by atoms with van der Waals surface area (Å²) in [4.78, 5) is 14.5. The summed E-state index contributed by atoms with van der Waals surface area (Å²) in [6.45, 7) is 4.24. The molecule has 1 N–H and O–H groups in total. The van der Waals surface area contributed by atoms with E-state index >= 15 is 0 Å². The molecule has 0 bridgehead atoms. The van der Waals surface area contributed by atoms with Gasteiger partial charge >= 0.3 is 0 Å². The Hall–Kier alpha value is -1.70. The molecule has 5 nitrogen and oxygen atoms in total. The lowest BCUT2D eigenvalue weighted by Gasteiger charge is -2.19. The van der Waals surface area contributed by atoms with Gasteiger partial charge in [0.05, 0.1) is 4.90 Å². The normalized spacial score (nSPS) is 11.4. The number of carbonyl (C=O) groups is 1. The van der Waals surface area contributed by atoms with Crippen LogP contribution in [0, 0.1) is 6.92 Å². The number of nitrogens with zero attached hydrogens (tertiary/aromatic N) is 1. The van der Waals surface area contributed by atoms with Crippen LogP contribution in [0.4, 0.5) is 0 Å². The molecule has 2 rings (SSSR count). The fourth-order valence-electron chi connectivity index (χ4n) is 2.41. The number of benzene rings is 2. The van der Waals surface area contributed by atoms with Gasteiger partial charge in [-0.05, 0) is 42.3 Å². The number of hydrogen-bond acceptors (Lipinski definition) is 3. The summed E-state index contributed by atoms with van der Waals surface area (Å²) in [5.74, 6) is -0.214. The first-order valence-electron chi connectivity index (χ1n) is 7.85. The number of sulfonamides is 1. The fourth-order valence-corrected chi connectivity index (χ4v) is 3.74. The summed E-state index contributed by atoms with van der Waals surface area (Å²) in [6.07, 6.45) is 0. The van der Waals surface area contributed by atoms with E-state index in [0.29, 0.717) is 18.7 Å². The number of aryl methyl sites for hydroxylation is 1. The molecule has 0 aliphatic carbocycles. The van der Waals surface area contributed by atoms with Crippen molar-refractivity contribution in [2.24, 2.45) is 0 Å². The monoisotopic (exact) mass is 424 g/mol. The van der Waals surface area contributed by atoms with Crippen molar-refractivity contribution in [2.75, 3.05) is 13.6 Å². The van der Waals surface area contributed by atoms with Crippen LogP contribution < -0.4 is 4.72 Å². The van der Waals surface area contributed by atoms with E-state index in [0.717, 1.165) is 15.6 Å². The lowest BCUT2D eigenvalue weighted by molar-refractivity contribution is 0.0784. The van der Waals surface area contributed by atoms with Crippen LogP contribution in [-0.2, 0) is 16.6 Å². The van der Waals surface area contributed by atoms with Gasteiger partial charge in [-0.3, -0.25) is 4.79 Å². The maximum Gasteiger partial charge on any atom is 0.254 e. The third-order valence-electron chi connectivity index (χ3n) is 3.76. The Morgan fingerprint density at radius 1 is 1.16 bits per heavy atom.